The Labute approximate surface area is 102 Å². The van der Waals surface area contributed by atoms with Crippen LogP contribution in [-0.2, 0) is 16.9 Å². The molecule has 0 unspecified atom stereocenters. The van der Waals surface area contributed by atoms with E-state index in [2.05, 4.69) is 20.0 Å². The lowest BCUT2D eigenvalue weighted by molar-refractivity contribution is 0.602. The first kappa shape index (κ1) is 12.2. The predicted octanol–water partition coefficient (Wildman–Crippen LogP) is 2.71. The molecule has 17 heavy (non-hydrogen) atoms. The molecule has 0 aliphatic heterocycles. The van der Waals surface area contributed by atoms with Gasteiger partial charge in [0.2, 0.25) is 0 Å². The Morgan fingerprint density at radius 1 is 1.24 bits per heavy atom. The third-order valence-corrected chi connectivity index (χ3v) is 4.15. The molecule has 0 spiro atoms. The van der Waals surface area contributed by atoms with Crippen LogP contribution in [0, 0.1) is 0 Å². The van der Waals surface area contributed by atoms with Gasteiger partial charge in [-0.2, -0.15) is 0 Å². The topological polar surface area (TPSA) is 39.1 Å². The maximum atomic E-state index is 11.6. The fourth-order valence-corrected chi connectivity index (χ4v) is 2.74. The molecular formula is C13H17NO2S. The molecule has 2 aromatic rings. The molecule has 0 amide bonds. The van der Waals surface area contributed by atoms with E-state index in [1.807, 2.05) is 17.7 Å². The zero-order valence-electron chi connectivity index (χ0n) is 10.6. The highest BCUT2D eigenvalue weighted by molar-refractivity contribution is 7.90. The van der Waals surface area contributed by atoms with Crippen molar-refractivity contribution in [1.82, 2.24) is 4.57 Å². The highest BCUT2D eigenvalue weighted by atomic mass is 32.2. The molecule has 2 rings (SSSR count). The van der Waals surface area contributed by atoms with Crippen molar-refractivity contribution in [3.8, 4) is 0 Å². The average Bonchev–Trinajstić information content (AvgIpc) is 2.54. The van der Waals surface area contributed by atoms with Gasteiger partial charge in [-0.25, -0.2) is 8.42 Å². The monoisotopic (exact) mass is 251 g/mol. The van der Waals surface area contributed by atoms with Gasteiger partial charge in [0.25, 0.3) is 0 Å². The number of hydrogen-bond acceptors (Lipinski definition) is 2. The molecule has 92 valence electrons. The lowest BCUT2D eigenvalue weighted by atomic mass is 10.0. The summed E-state index contributed by atoms with van der Waals surface area (Å²) < 4.78 is 25.2. The maximum Gasteiger partial charge on any atom is 0.175 e. The molecule has 0 saturated heterocycles. The van der Waals surface area contributed by atoms with Crippen LogP contribution in [0.5, 0.6) is 0 Å². The number of benzene rings is 1. The zero-order chi connectivity index (χ0) is 12.8. The van der Waals surface area contributed by atoms with Crippen molar-refractivity contribution in [2.24, 2.45) is 7.05 Å². The third kappa shape index (κ3) is 2.09. The van der Waals surface area contributed by atoms with Crippen molar-refractivity contribution in [1.29, 1.82) is 0 Å². The first-order valence-electron chi connectivity index (χ1n) is 5.59. The molecule has 1 aromatic heterocycles. The summed E-state index contributed by atoms with van der Waals surface area (Å²) in [6.07, 6.45) is 3.31. The highest BCUT2D eigenvalue weighted by Gasteiger charge is 2.13. The van der Waals surface area contributed by atoms with Gasteiger partial charge >= 0.3 is 0 Å². The summed E-state index contributed by atoms with van der Waals surface area (Å²) in [6.45, 7) is 4.23. The summed E-state index contributed by atoms with van der Waals surface area (Å²) in [6, 6.07) is 5.32. The highest BCUT2D eigenvalue weighted by Crippen LogP contribution is 2.28. The van der Waals surface area contributed by atoms with Gasteiger partial charge in [0, 0.05) is 30.4 Å². The number of rotatable bonds is 2. The molecule has 4 heteroatoms. The summed E-state index contributed by atoms with van der Waals surface area (Å²) in [4.78, 5) is 0.387. The van der Waals surface area contributed by atoms with E-state index in [9.17, 15) is 8.42 Å². The van der Waals surface area contributed by atoms with Gasteiger partial charge < -0.3 is 4.57 Å². The minimum absolute atomic E-state index is 0.383. The van der Waals surface area contributed by atoms with Crippen LogP contribution in [0.3, 0.4) is 0 Å². The number of fused-ring (bicyclic) bond motifs is 1. The van der Waals surface area contributed by atoms with E-state index in [0.717, 1.165) is 10.9 Å². The van der Waals surface area contributed by atoms with E-state index in [1.165, 1.54) is 11.8 Å². The molecular weight excluding hydrogens is 234 g/mol. The molecule has 0 aliphatic carbocycles. The Hall–Kier alpha value is -1.29. The van der Waals surface area contributed by atoms with Crippen molar-refractivity contribution >= 4 is 20.7 Å². The lowest BCUT2D eigenvalue weighted by Crippen LogP contribution is -1.97. The van der Waals surface area contributed by atoms with Crippen LogP contribution in [0.15, 0.2) is 29.3 Å². The van der Waals surface area contributed by atoms with Crippen LogP contribution in [0.25, 0.3) is 10.9 Å². The Morgan fingerprint density at radius 2 is 1.88 bits per heavy atom. The third-order valence-electron chi connectivity index (χ3n) is 3.04. The molecule has 0 fully saturated rings. The van der Waals surface area contributed by atoms with Gasteiger partial charge in [0.1, 0.15) is 0 Å². The average molecular weight is 251 g/mol. The first-order chi connectivity index (χ1) is 7.80. The van der Waals surface area contributed by atoms with E-state index in [1.54, 1.807) is 12.1 Å². The van der Waals surface area contributed by atoms with Gasteiger partial charge in [-0.05, 0) is 29.7 Å². The SMILES string of the molecule is CC(C)c1cn(C)c2ccc(S(C)(=O)=O)cc12. The minimum atomic E-state index is -3.14. The van der Waals surface area contributed by atoms with Gasteiger partial charge in [0.05, 0.1) is 4.90 Å². The number of nitrogens with zero attached hydrogens (tertiary/aromatic N) is 1. The molecule has 0 radical (unpaired) electrons. The normalized spacial score (nSPS) is 12.5. The Balaban J connectivity index is 2.80. The lowest BCUT2D eigenvalue weighted by Gasteiger charge is -2.04. The second-order valence-corrected chi connectivity index (χ2v) is 6.82. The Kier molecular flexibility index (Phi) is 2.78. The zero-order valence-corrected chi connectivity index (χ0v) is 11.4. The smallest absolute Gasteiger partial charge is 0.175 e. The van der Waals surface area contributed by atoms with Crippen LogP contribution in [0.1, 0.15) is 25.3 Å². The fourth-order valence-electron chi connectivity index (χ4n) is 2.09. The summed E-state index contributed by atoms with van der Waals surface area (Å²) in [5.41, 5.74) is 2.26. The van der Waals surface area contributed by atoms with Crippen LogP contribution in [0.2, 0.25) is 0 Å². The van der Waals surface area contributed by atoms with Crippen molar-refractivity contribution in [2.75, 3.05) is 6.26 Å². The van der Waals surface area contributed by atoms with Crippen LogP contribution in [-0.4, -0.2) is 19.2 Å². The number of aryl methyl sites for hydroxylation is 1. The van der Waals surface area contributed by atoms with Crippen molar-refractivity contribution in [2.45, 2.75) is 24.7 Å². The molecule has 1 heterocycles. The van der Waals surface area contributed by atoms with E-state index >= 15 is 0 Å². The predicted molar refractivity (Wildman–Crippen MR) is 70.1 cm³/mol. The molecule has 0 aliphatic rings. The molecule has 0 saturated carbocycles. The van der Waals surface area contributed by atoms with Crippen LogP contribution < -0.4 is 0 Å². The summed E-state index contributed by atoms with van der Waals surface area (Å²) in [5.74, 6) is 0.383. The van der Waals surface area contributed by atoms with E-state index < -0.39 is 9.84 Å². The summed E-state index contributed by atoms with van der Waals surface area (Å²) >= 11 is 0. The van der Waals surface area contributed by atoms with Crippen molar-refractivity contribution in [3.05, 3.63) is 30.0 Å². The van der Waals surface area contributed by atoms with E-state index in [-0.39, 0.29) is 0 Å². The van der Waals surface area contributed by atoms with Crippen LogP contribution in [0.4, 0.5) is 0 Å². The molecule has 1 aromatic carbocycles. The first-order valence-corrected chi connectivity index (χ1v) is 7.49. The van der Waals surface area contributed by atoms with Gasteiger partial charge in [-0.3, -0.25) is 0 Å². The quantitative estimate of drug-likeness (QED) is 0.823. The fraction of sp³-hybridized carbons (Fsp3) is 0.385. The second-order valence-electron chi connectivity index (χ2n) is 4.80. The number of hydrogen-bond donors (Lipinski definition) is 0. The van der Waals surface area contributed by atoms with E-state index in [4.69, 9.17) is 0 Å². The largest absolute Gasteiger partial charge is 0.350 e. The second kappa shape index (κ2) is 3.88. The molecule has 0 N–H and O–H groups in total. The van der Waals surface area contributed by atoms with Gasteiger partial charge in [-0.1, -0.05) is 13.8 Å². The Morgan fingerprint density at radius 3 is 2.41 bits per heavy atom. The van der Waals surface area contributed by atoms with Crippen molar-refractivity contribution in [3.63, 3.8) is 0 Å². The van der Waals surface area contributed by atoms with Gasteiger partial charge in [-0.15, -0.1) is 0 Å². The maximum absolute atomic E-state index is 11.6. The molecule has 0 atom stereocenters. The molecule has 3 nitrogen and oxygen atoms in total. The standard InChI is InChI=1S/C13H17NO2S/c1-9(2)12-8-14(3)13-6-5-10(7-11(12)13)17(4,15)16/h5-9H,1-4H3. The number of aromatic nitrogens is 1. The summed E-state index contributed by atoms with van der Waals surface area (Å²) in [7, 11) is -1.16. The minimum Gasteiger partial charge on any atom is -0.350 e. The summed E-state index contributed by atoms with van der Waals surface area (Å²) in [5, 5.41) is 1.03. The number of sulfone groups is 1. The molecule has 0 bridgehead atoms. The van der Waals surface area contributed by atoms with Crippen LogP contribution >= 0.6 is 0 Å². The van der Waals surface area contributed by atoms with Crippen molar-refractivity contribution < 1.29 is 8.42 Å². The van der Waals surface area contributed by atoms with Gasteiger partial charge in [0.15, 0.2) is 9.84 Å². The van der Waals surface area contributed by atoms with E-state index in [0.29, 0.717) is 10.8 Å². The Bertz CT molecular complexity index is 666.